The van der Waals surface area contributed by atoms with E-state index in [-0.39, 0.29) is 6.10 Å². The van der Waals surface area contributed by atoms with E-state index < -0.39 is 0 Å². The summed E-state index contributed by atoms with van der Waals surface area (Å²) in [6.07, 6.45) is -0.339. The molecule has 0 aliphatic heterocycles. The van der Waals surface area contributed by atoms with Gasteiger partial charge in [0.05, 0.1) is 6.10 Å². The van der Waals surface area contributed by atoms with Crippen LogP contribution >= 0.6 is 27.3 Å². The molecule has 1 heterocycles. The number of alkyl halides is 1. The van der Waals surface area contributed by atoms with Crippen molar-refractivity contribution in [1.29, 1.82) is 0 Å². The minimum Gasteiger partial charge on any atom is -0.387 e. The van der Waals surface area contributed by atoms with Crippen LogP contribution in [-0.4, -0.2) is 10.4 Å². The Bertz CT molecular complexity index is 244. The summed E-state index contributed by atoms with van der Waals surface area (Å²) in [6.45, 7) is 4.11. The molecule has 11 heavy (non-hydrogen) atoms. The third-order valence-electron chi connectivity index (χ3n) is 1.77. The summed E-state index contributed by atoms with van der Waals surface area (Å²) in [4.78, 5) is 1.08. The lowest BCUT2D eigenvalue weighted by Gasteiger charge is -2.04. The molecule has 0 bridgehead atoms. The van der Waals surface area contributed by atoms with Crippen LogP contribution in [0.15, 0.2) is 5.38 Å². The molecule has 0 aromatic carbocycles. The van der Waals surface area contributed by atoms with Crippen LogP contribution in [0.25, 0.3) is 0 Å². The zero-order valence-electron chi connectivity index (χ0n) is 6.60. The molecule has 1 rings (SSSR count). The van der Waals surface area contributed by atoms with E-state index in [2.05, 4.69) is 28.2 Å². The SMILES string of the molecule is Cc1csc(C(O)CBr)c1C. The van der Waals surface area contributed by atoms with E-state index in [0.29, 0.717) is 5.33 Å². The van der Waals surface area contributed by atoms with Gasteiger partial charge in [-0.1, -0.05) is 15.9 Å². The molecule has 0 aliphatic carbocycles. The summed E-state index contributed by atoms with van der Waals surface area (Å²) in [7, 11) is 0. The van der Waals surface area contributed by atoms with Gasteiger partial charge >= 0.3 is 0 Å². The molecule has 1 aromatic heterocycles. The maximum Gasteiger partial charge on any atom is 0.0981 e. The van der Waals surface area contributed by atoms with Crippen LogP contribution in [0.3, 0.4) is 0 Å². The fourth-order valence-corrected chi connectivity index (χ4v) is 2.52. The maximum atomic E-state index is 9.49. The Kier molecular flexibility index (Phi) is 3.10. The van der Waals surface area contributed by atoms with Gasteiger partial charge in [0, 0.05) is 10.2 Å². The molecular formula is C8H11BrOS. The summed E-state index contributed by atoms with van der Waals surface area (Å²) in [5.74, 6) is 0. The molecule has 0 radical (unpaired) electrons. The summed E-state index contributed by atoms with van der Waals surface area (Å²) in [6, 6.07) is 0. The fourth-order valence-electron chi connectivity index (χ4n) is 0.922. The Morgan fingerprint density at radius 3 is 2.64 bits per heavy atom. The van der Waals surface area contributed by atoms with Crippen LogP contribution in [0.5, 0.6) is 0 Å². The first-order chi connectivity index (χ1) is 5.16. The van der Waals surface area contributed by atoms with Crippen LogP contribution in [-0.2, 0) is 0 Å². The van der Waals surface area contributed by atoms with E-state index in [1.807, 2.05) is 6.92 Å². The minimum absolute atomic E-state index is 0.339. The molecule has 0 saturated heterocycles. The molecule has 3 heteroatoms. The Hall–Kier alpha value is 0.140. The van der Waals surface area contributed by atoms with Crippen LogP contribution in [0.4, 0.5) is 0 Å². The highest BCUT2D eigenvalue weighted by atomic mass is 79.9. The van der Waals surface area contributed by atoms with Gasteiger partial charge in [0.2, 0.25) is 0 Å². The van der Waals surface area contributed by atoms with E-state index in [0.717, 1.165) is 4.88 Å². The van der Waals surface area contributed by atoms with Gasteiger partial charge in [-0.25, -0.2) is 0 Å². The highest BCUT2D eigenvalue weighted by Crippen LogP contribution is 2.28. The Morgan fingerprint density at radius 2 is 2.27 bits per heavy atom. The summed E-state index contributed by atoms with van der Waals surface area (Å²) in [5, 5.41) is 12.2. The molecule has 0 fully saturated rings. The minimum atomic E-state index is -0.339. The third kappa shape index (κ3) is 1.83. The second-order valence-corrected chi connectivity index (χ2v) is 4.14. The van der Waals surface area contributed by atoms with Gasteiger partial charge < -0.3 is 5.11 Å². The number of aliphatic hydroxyl groups is 1. The zero-order valence-corrected chi connectivity index (χ0v) is 9.00. The summed E-state index contributed by atoms with van der Waals surface area (Å²) >= 11 is 4.88. The number of hydrogen-bond donors (Lipinski definition) is 1. The average molecular weight is 235 g/mol. The first kappa shape index (κ1) is 9.23. The smallest absolute Gasteiger partial charge is 0.0981 e. The topological polar surface area (TPSA) is 20.2 Å². The van der Waals surface area contributed by atoms with Gasteiger partial charge in [-0.15, -0.1) is 11.3 Å². The van der Waals surface area contributed by atoms with Crippen molar-refractivity contribution < 1.29 is 5.11 Å². The molecule has 0 saturated carbocycles. The van der Waals surface area contributed by atoms with E-state index in [9.17, 15) is 5.11 Å². The van der Waals surface area contributed by atoms with E-state index >= 15 is 0 Å². The highest BCUT2D eigenvalue weighted by molar-refractivity contribution is 9.09. The first-order valence-electron chi connectivity index (χ1n) is 3.45. The third-order valence-corrected chi connectivity index (χ3v) is 3.69. The monoisotopic (exact) mass is 234 g/mol. The highest BCUT2D eigenvalue weighted by Gasteiger charge is 2.11. The fraction of sp³-hybridized carbons (Fsp3) is 0.500. The lowest BCUT2D eigenvalue weighted by Crippen LogP contribution is -1.96. The van der Waals surface area contributed by atoms with Gasteiger partial charge in [-0.2, -0.15) is 0 Å². The van der Waals surface area contributed by atoms with Gasteiger partial charge in [-0.05, 0) is 30.4 Å². The molecule has 1 nitrogen and oxygen atoms in total. The largest absolute Gasteiger partial charge is 0.387 e. The number of aliphatic hydroxyl groups excluding tert-OH is 1. The van der Waals surface area contributed by atoms with E-state index in [4.69, 9.17) is 0 Å². The molecule has 0 spiro atoms. The lowest BCUT2D eigenvalue weighted by atomic mass is 10.1. The van der Waals surface area contributed by atoms with Gasteiger partial charge in [0.1, 0.15) is 0 Å². The van der Waals surface area contributed by atoms with Gasteiger partial charge in [0.25, 0.3) is 0 Å². The van der Waals surface area contributed by atoms with Crippen molar-refractivity contribution in [3.8, 4) is 0 Å². The predicted octanol–water partition coefficient (Wildman–Crippen LogP) is 2.79. The Balaban J connectivity index is 2.94. The molecule has 0 aliphatic rings. The average Bonchev–Trinajstić information content (AvgIpc) is 2.32. The molecule has 1 N–H and O–H groups in total. The van der Waals surface area contributed by atoms with Crippen molar-refractivity contribution in [3.05, 3.63) is 21.4 Å². The van der Waals surface area contributed by atoms with Crippen molar-refractivity contribution in [1.82, 2.24) is 0 Å². The van der Waals surface area contributed by atoms with Crippen molar-refractivity contribution in [2.75, 3.05) is 5.33 Å². The number of aryl methyl sites for hydroxylation is 1. The number of hydrogen-bond acceptors (Lipinski definition) is 2. The number of thiophene rings is 1. The van der Waals surface area contributed by atoms with E-state index in [1.54, 1.807) is 11.3 Å². The van der Waals surface area contributed by atoms with Crippen molar-refractivity contribution >= 4 is 27.3 Å². The Labute approximate surface area is 79.2 Å². The molecule has 1 unspecified atom stereocenters. The lowest BCUT2D eigenvalue weighted by molar-refractivity contribution is 0.208. The Morgan fingerprint density at radius 1 is 1.64 bits per heavy atom. The molecule has 62 valence electrons. The number of rotatable bonds is 2. The molecule has 0 amide bonds. The quantitative estimate of drug-likeness (QED) is 0.781. The van der Waals surface area contributed by atoms with Crippen LogP contribution < -0.4 is 0 Å². The second-order valence-electron chi connectivity index (χ2n) is 2.58. The standard InChI is InChI=1S/C8H11BrOS/c1-5-4-11-8(6(5)2)7(10)3-9/h4,7,10H,3H2,1-2H3. The van der Waals surface area contributed by atoms with Crippen molar-refractivity contribution in [2.45, 2.75) is 20.0 Å². The summed E-state index contributed by atoms with van der Waals surface area (Å²) in [5.41, 5.74) is 2.49. The predicted molar refractivity (Wildman–Crippen MR) is 52.5 cm³/mol. The van der Waals surface area contributed by atoms with Crippen LogP contribution in [0.1, 0.15) is 22.1 Å². The van der Waals surface area contributed by atoms with Gasteiger partial charge in [0.15, 0.2) is 0 Å². The molecule has 1 atom stereocenters. The zero-order chi connectivity index (χ0) is 8.43. The van der Waals surface area contributed by atoms with Crippen LogP contribution in [0, 0.1) is 13.8 Å². The van der Waals surface area contributed by atoms with Crippen molar-refractivity contribution in [2.24, 2.45) is 0 Å². The maximum absolute atomic E-state index is 9.49. The molecular weight excluding hydrogens is 224 g/mol. The van der Waals surface area contributed by atoms with Crippen LogP contribution in [0.2, 0.25) is 0 Å². The van der Waals surface area contributed by atoms with Crippen molar-refractivity contribution in [3.63, 3.8) is 0 Å². The van der Waals surface area contributed by atoms with E-state index in [1.165, 1.54) is 11.1 Å². The van der Waals surface area contributed by atoms with Gasteiger partial charge in [-0.3, -0.25) is 0 Å². The normalized spacial score (nSPS) is 13.5. The second kappa shape index (κ2) is 3.70. The first-order valence-corrected chi connectivity index (χ1v) is 5.45. The number of halogens is 1. The molecule has 1 aromatic rings. The summed E-state index contributed by atoms with van der Waals surface area (Å²) < 4.78 is 0.